The highest BCUT2D eigenvalue weighted by Gasteiger charge is 2.31. The standard InChI is InChI=1S/C16H17N5O/c1-10-9-14-18-16(20-8-4-7-13(20)15(17)22)11-5-2-3-6-12(11)21(14)19-10/h2-3,5-6,9,13H,4,7-8H2,1H3,(H2,17,22)/t13-/m0/s1. The molecule has 6 nitrogen and oxygen atoms in total. The molecule has 0 spiro atoms. The van der Waals surface area contributed by atoms with Crippen molar-refractivity contribution in [2.75, 3.05) is 11.4 Å². The van der Waals surface area contributed by atoms with Crippen LogP contribution in [0.1, 0.15) is 18.5 Å². The highest BCUT2D eigenvalue weighted by molar-refractivity contribution is 5.94. The molecule has 0 saturated carbocycles. The number of rotatable bonds is 2. The smallest absolute Gasteiger partial charge is 0.240 e. The summed E-state index contributed by atoms with van der Waals surface area (Å²) in [6.45, 7) is 2.75. The summed E-state index contributed by atoms with van der Waals surface area (Å²) < 4.78 is 1.85. The Hall–Kier alpha value is -2.63. The summed E-state index contributed by atoms with van der Waals surface area (Å²) in [6, 6.07) is 9.68. The van der Waals surface area contributed by atoms with Gasteiger partial charge >= 0.3 is 0 Å². The largest absolute Gasteiger partial charge is 0.368 e. The maximum atomic E-state index is 11.7. The fourth-order valence-corrected chi connectivity index (χ4v) is 3.29. The van der Waals surface area contributed by atoms with Crippen LogP contribution in [0, 0.1) is 6.92 Å². The monoisotopic (exact) mass is 295 g/mol. The Balaban J connectivity index is 2.01. The zero-order valence-corrected chi connectivity index (χ0v) is 12.4. The number of anilines is 1. The van der Waals surface area contributed by atoms with Crippen LogP contribution in [0.15, 0.2) is 30.3 Å². The minimum absolute atomic E-state index is 0.276. The van der Waals surface area contributed by atoms with Crippen molar-refractivity contribution in [3.63, 3.8) is 0 Å². The lowest BCUT2D eigenvalue weighted by molar-refractivity contribution is -0.119. The Bertz CT molecular complexity index is 885. The topological polar surface area (TPSA) is 76.5 Å². The molecule has 1 fully saturated rings. The van der Waals surface area contributed by atoms with Crippen molar-refractivity contribution in [2.24, 2.45) is 5.73 Å². The first-order valence-corrected chi connectivity index (χ1v) is 7.46. The van der Waals surface area contributed by atoms with E-state index in [9.17, 15) is 4.79 Å². The molecule has 1 aliphatic heterocycles. The number of fused-ring (bicyclic) bond motifs is 3. The zero-order valence-electron chi connectivity index (χ0n) is 12.4. The predicted molar refractivity (Wildman–Crippen MR) is 84.8 cm³/mol. The lowest BCUT2D eigenvalue weighted by Gasteiger charge is -2.24. The van der Waals surface area contributed by atoms with Gasteiger partial charge in [0, 0.05) is 18.0 Å². The first-order chi connectivity index (χ1) is 10.6. The molecule has 112 valence electrons. The summed E-state index contributed by atoms with van der Waals surface area (Å²) in [5.74, 6) is 0.539. The molecule has 22 heavy (non-hydrogen) atoms. The summed E-state index contributed by atoms with van der Waals surface area (Å²) in [4.78, 5) is 18.5. The zero-order chi connectivity index (χ0) is 15.3. The van der Waals surface area contributed by atoms with Gasteiger partial charge in [-0.1, -0.05) is 12.1 Å². The van der Waals surface area contributed by atoms with Crippen LogP contribution in [-0.2, 0) is 4.79 Å². The van der Waals surface area contributed by atoms with Crippen LogP contribution in [0.5, 0.6) is 0 Å². The van der Waals surface area contributed by atoms with Crippen molar-refractivity contribution >= 4 is 28.3 Å². The molecule has 1 aliphatic rings. The number of nitrogens with zero attached hydrogens (tertiary/aromatic N) is 4. The van der Waals surface area contributed by atoms with Gasteiger partial charge in [-0.2, -0.15) is 5.10 Å². The number of benzene rings is 1. The van der Waals surface area contributed by atoms with E-state index in [2.05, 4.69) is 5.10 Å². The van der Waals surface area contributed by atoms with Gasteiger partial charge in [0.1, 0.15) is 11.9 Å². The molecule has 0 radical (unpaired) electrons. The van der Waals surface area contributed by atoms with E-state index in [1.165, 1.54) is 0 Å². The van der Waals surface area contributed by atoms with Crippen LogP contribution in [0.25, 0.3) is 16.6 Å². The lowest BCUT2D eigenvalue weighted by atomic mass is 10.2. The van der Waals surface area contributed by atoms with Gasteiger partial charge in [0.05, 0.1) is 11.2 Å². The maximum Gasteiger partial charge on any atom is 0.240 e. The molecule has 2 N–H and O–H groups in total. The number of amides is 1. The van der Waals surface area contributed by atoms with Crippen molar-refractivity contribution in [1.82, 2.24) is 14.6 Å². The van der Waals surface area contributed by atoms with E-state index in [4.69, 9.17) is 10.7 Å². The first kappa shape index (κ1) is 13.1. The molecule has 0 aliphatic carbocycles. The van der Waals surface area contributed by atoms with Crippen molar-refractivity contribution in [3.8, 4) is 0 Å². The minimum atomic E-state index is -0.284. The van der Waals surface area contributed by atoms with Crippen molar-refractivity contribution in [1.29, 1.82) is 0 Å². The van der Waals surface area contributed by atoms with Gasteiger partial charge < -0.3 is 10.6 Å². The van der Waals surface area contributed by atoms with E-state index < -0.39 is 0 Å². The molecule has 0 unspecified atom stereocenters. The number of aromatic nitrogens is 3. The number of hydrogen-bond acceptors (Lipinski definition) is 4. The van der Waals surface area contributed by atoms with E-state index in [-0.39, 0.29) is 11.9 Å². The summed E-state index contributed by atoms with van der Waals surface area (Å²) in [5, 5.41) is 5.50. The van der Waals surface area contributed by atoms with Crippen LogP contribution >= 0.6 is 0 Å². The third-order valence-electron chi connectivity index (χ3n) is 4.26. The van der Waals surface area contributed by atoms with Gasteiger partial charge in [-0.05, 0) is 31.9 Å². The van der Waals surface area contributed by atoms with Gasteiger partial charge in [-0.25, -0.2) is 9.50 Å². The van der Waals surface area contributed by atoms with E-state index in [0.717, 1.165) is 47.4 Å². The fraction of sp³-hybridized carbons (Fsp3) is 0.312. The Morgan fingerprint density at radius 1 is 1.36 bits per heavy atom. The number of para-hydroxylation sites is 1. The molecule has 3 aromatic rings. The van der Waals surface area contributed by atoms with Gasteiger partial charge in [-0.3, -0.25) is 4.79 Å². The molecule has 3 heterocycles. The lowest BCUT2D eigenvalue weighted by Crippen LogP contribution is -2.40. The predicted octanol–water partition coefficient (Wildman–Crippen LogP) is 1.65. The average molecular weight is 295 g/mol. The molecule has 1 saturated heterocycles. The molecule has 2 aromatic heterocycles. The van der Waals surface area contributed by atoms with Crippen LogP contribution < -0.4 is 10.6 Å². The summed E-state index contributed by atoms with van der Waals surface area (Å²) in [6.07, 6.45) is 1.74. The number of aryl methyl sites for hydroxylation is 1. The normalized spacial score (nSPS) is 18.4. The summed E-state index contributed by atoms with van der Waals surface area (Å²) in [5.41, 5.74) is 8.26. The molecule has 1 aromatic carbocycles. The number of carbonyl (C=O) groups excluding carboxylic acids is 1. The van der Waals surface area contributed by atoms with Crippen molar-refractivity contribution in [2.45, 2.75) is 25.8 Å². The molecule has 0 bridgehead atoms. The third-order valence-corrected chi connectivity index (χ3v) is 4.26. The third kappa shape index (κ3) is 1.83. The molecule has 4 rings (SSSR count). The van der Waals surface area contributed by atoms with E-state index in [0.29, 0.717) is 0 Å². The van der Waals surface area contributed by atoms with E-state index in [1.54, 1.807) is 0 Å². The number of primary amides is 1. The maximum absolute atomic E-state index is 11.7. The van der Waals surface area contributed by atoms with Crippen LogP contribution in [-0.4, -0.2) is 33.1 Å². The van der Waals surface area contributed by atoms with Gasteiger partial charge in [0.15, 0.2) is 5.65 Å². The molecule has 1 atom stereocenters. The Morgan fingerprint density at radius 2 is 2.18 bits per heavy atom. The molecule has 1 amide bonds. The second-order valence-electron chi connectivity index (χ2n) is 5.76. The average Bonchev–Trinajstić information content (AvgIpc) is 3.11. The Kier molecular flexibility index (Phi) is 2.79. The molecular weight excluding hydrogens is 278 g/mol. The van der Waals surface area contributed by atoms with E-state index >= 15 is 0 Å². The van der Waals surface area contributed by atoms with Crippen molar-refractivity contribution in [3.05, 3.63) is 36.0 Å². The Labute approximate surface area is 127 Å². The Morgan fingerprint density at radius 3 is 3.00 bits per heavy atom. The van der Waals surface area contributed by atoms with Gasteiger partial charge in [0.2, 0.25) is 5.91 Å². The van der Waals surface area contributed by atoms with Crippen LogP contribution in [0.3, 0.4) is 0 Å². The van der Waals surface area contributed by atoms with Gasteiger partial charge in [0.25, 0.3) is 0 Å². The fourth-order valence-electron chi connectivity index (χ4n) is 3.29. The second kappa shape index (κ2) is 4.69. The molecular formula is C16H17N5O. The number of hydrogen-bond donors (Lipinski definition) is 1. The highest BCUT2D eigenvalue weighted by Crippen LogP contribution is 2.31. The summed E-state index contributed by atoms with van der Waals surface area (Å²) >= 11 is 0. The van der Waals surface area contributed by atoms with Gasteiger partial charge in [-0.15, -0.1) is 0 Å². The second-order valence-corrected chi connectivity index (χ2v) is 5.76. The minimum Gasteiger partial charge on any atom is -0.368 e. The van der Waals surface area contributed by atoms with Crippen LogP contribution in [0.4, 0.5) is 5.82 Å². The van der Waals surface area contributed by atoms with Crippen molar-refractivity contribution < 1.29 is 4.79 Å². The first-order valence-electron chi connectivity index (χ1n) is 7.46. The highest BCUT2D eigenvalue weighted by atomic mass is 16.1. The summed E-state index contributed by atoms with van der Waals surface area (Å²) in [7, 11) is 0. The SMILES string of the molecule is Cc1cc2nc(N3CCC[C@H]3C(N)=O)c3ccccc3n2n1. The molecule has 6 heteroatoms. The quantitative estimate of drug-likeness (QED) is 0.780. The van der Waals surface area contributed by atoms with E-state index in [1.807, 2.05) is 46.7 Å². The van der Waals surface area contributed by atoms with Crippen LogP contribution in [0.2, 0.25) is 0 Å². The number of nitrogens with two attached hydrogens (primary N) is 1. The number of carbonyl (C=O) groups is 1.